The summed E-state index contributed by atoms with van der Waals surface area (Å²) in [5.41, 5.74) is 0. The molecule has 64 valence electrons. The second-order valence-electron chi connectivity index (χ2n) is 3.87. The number of unbranched alkanes of at least 4 members (excludes halogenated alkanes) is 2. The van der Waals surface area contributed by atoms with Crippen molar-refractivity contribution in [3.8, 4) is 0 Å². The second-order valence-corrected chi connectivity index (χ2v) is 3.87. The molecule has 0 saturated heterocycles. The topological polar surface area (TPSA) is 0 Å². The van der Waals surface area contributed by atoms with Crippen molar-refractivity contribution in [3.05, 3.63) is 12.2 Å². The third-order valence-corrected chi connectivity index (χ3v) is 2.99. The highest BCUT2D eigenvalue weighted by molar-refractivity contribution is 5.04. The lowest BCUT2D eigenvalue weighted by Crippen LogP contribution is -1.71. The summed E-state index contributed by atoms with van der Waals surface area (Å²) in [6, 6.07) is 0. The van der Waals surface area contributed by atoms with E-state index < -0.39 is 0 Å². The molecule has 0 aromatic heterocycles. The lowest BCUT2D eigenvalue weighted by atomic mass is 10.2. The van der Waals surface area contributed by atoms with E-state index in [2.05, 4.69) is 32.9 Å². The quantitative estimate of drug-likeness (QED) is 0.426. The molecular weight excluding hydrogens is 132 g/mol. The Morgan fingerprint density at radius 3 is 2.27 bits per heavy atom. The number of allylic oxidation sites excluding steroid dienone is 2. The molecule has 0 nitrogen and oxygen atoms in total. The average molecular weight is 152 g/mol. The molecular formula is C11H20. The fourth-order valence-electron chi connectivity index (χ4n) is 1.63. The summed E-state index contributed by atoms with van der Waals surface area (Å²) in [6.45, 7) is 6.94. The molecule has 1 fully saturated rings. The summed E-state index contributed by atoms with van der Waals surface area (Å²) < 4.78 is 0. The number of rotatable bonds is 4. The predicted octanol–water partition coefficient (Wildman–Crippen LogP) is 3.63. The van der Waals surface area contributed by atoms with Gasteiger partial charge in [-0.2, -0.15) is 0 Å². The Hall–Kier alpha value is -0.260. The molecule has 0 aromatic rings. The molecule has 0 spiro atoms. The van der Waals surface area contributed by atoms with Gasteiger partial charge in [-0.15, -0.1) is 0 Å². The molecule has 0 aliphatic heterocycles. The van der Waals surface area contributed by atoms with Crippen molar-refractivity contribution in [2.24, 2.45) is 17.8 Å². The summed E-state index contributed by atoms with van der Waals surface area (Å²) in [4.78, 5) is 0. The highest BCUT2D eigenvalue weighted by Gasteiger charge is 2.40. The van der Waals surface area contributed by atoms with Gasteiger partial charge in [0.2, 0.25) is 0 Å². The van der Waals surface area contributed by atoms with E-state index in [0.717, 1.165) is 17.8 Å². The maximum Gasteiger partial charge on any atom is -0.0177 e. The molecule has 0 heterocycles. The van der Waals surface area contributed by atoms with E-state index >= 15 is 0 Å². The summed E-state index contributed by atoms with van der Waals surface area (Å²) >= 11 is 0. The minimum Gasteiger partial charge on any atom is -0.0882 e. The summed E-state index contributed by atoms with van der Waals surface area (Å²) in [6.07, 6.45) is 8.75. The van der Waals surface area contributed by atoms with Crippen LogP contribution in [0.4, 0.5) is 0 Å². The first kappa shape index (κ1) is 8.83. The predicted molar refractivity (Wildman–Crippen MR) is 50.5 cm³/mol. The third-order valence-electron chi connectivity index (χ3n) is 2.99. The Balaban J connectivity index is 2.07. The summed E-state index contributed by atoms with van der Waals surface area (Å²) in [5, 5.41) is 0. The maximum absolute atomic E-state index is 2.42. The van der Waals surface area contributed by atoms with Gasteiger partial charge in [0.25, 0.3) is 0 Å². The normalized spacial score (nSPS) is 36.5. The molecule has 1 rings (SSSR count). The molecule has 1 aliphatic carbocycles. The Kier molecular flexibility index (Phi) is 3.16. The Bertz CT molecular complexity index is 127. The van der Waals surface area contributed by atoms with Gasteiger partial charge in [-0.25, -0.2) is 0 Å². The van der Waals surface area contributed by atoms with Gasteiger partial charge >= 0.3 is 0 Å². The lowest BCUT2D eigenvalue weighted by molar-refractivity contribution is 0.806. The second kappa shape index (κ2) is 3.94. The third kappa shape index (κ3) is 2.36. The van der Waals surface area contributed by atoms with Gasteiger partial charge in [0.05, 0.1) is 0 Å². The zero-order valence-corrected chi connectivity index (χ0v) is 8.01. The maximum atomic E-state index is 2.42. The molecule has 0 aromatic carbocycles. The summed E-state index contributed by atoms with van der Waals surface area (Å²) in [7, 11) is 0. The SMILES string of the molecule is CCCCC=CC1C(C)C1C. The van der Waals surface area contributed by atoms with E-state index in [-0.39, 0.29) is 0 Å². The van der Waals surface area contributed by atoms with Crippen LogP contribution in [0.1, 0.15) is 40.0 Å². The highest BCUT2D eigenvalue weighted by Crippen LogP contribution is 2.46. The molecule has 1 aliphatic rings. The molecule has 0 heteroatoms. The van der Waals surface area contributed by atoms with Crippen molar-refractivity contribution in [3.63, 3.8) is 0 Å². The van der Waals surface area contributed by atoms with Gasteiger partial charge < -0.3 is 0 Å². The first-order valence-corrected chi connectivity index (χ1v) is 4.94. The van der Waals surface area contributed by atoms with E-state index in [4.69, 9.17) is 0 Å². The van der Waals surface area contributed by atoms with Gasteiger partial charge in [0.15, 0.2) is 0 Å². The number of hydrogen-bond acceptors (Lipinski definition) is 0. The Morgan fingerprint density at radius 2 is 1.82 bits per heavy atom. The van der Waals surface area contributed by atoms with Crippen LogP contribution < -0.4 is 0 Å². The lowest BCUT2D eigenvalue weighted by Gasteiger charge is -1.87. The van der Waals surface area contributed by atoms with Crippen LogP contribution in [0.2, 0.25) is 0 Å². The first-order chi connectivity index (χ1) is 5.27. The molecule has 0 bridgehead atoms. The first-order valence-electron chi connectivity index (χ1n) is 4.94. The van der Waals surface area contributed by atoms with Crippen molar-refractivity contribution in [2.75, 3.05) is 0 Å². The smallest absolute Gasteiger partial charge is 0.0177 e. The van der Waals surface area contributed by atoms with Crippen LogP contribution in [-0.4, -0.2) is 0 Å². The summed E-state index contributed by atoms with van der Waals surface area (Å²) in [5.74, 6) is 2.81. The van der Waals surface area contributed by atoms with Crippen LogP contribution in [-0.2, 0) is 0 Å². The monoisotopic (exact) mass is 152 g/mol. The van der Waals surface area contributed by atoms with E-state index in [9.17, 15) is 0 Å². The molecule has 11 heavy (non-hydrogen) atoms. The van der Waals surface area contributed by atoms with Gasteiger partial charge in [-0.05, 0) is 24.2 Å². The van der Waals surface area contributed by atoms with Crippen LogP contribution in [0, 0.1) is 17.8 Å². The molecule has 2 unspecified atom stereocenters. The molecule has 0 radical (unpaired) electrons. The van der Waals surface area contributed by atoms with Gasteiger partial charge in [0.1, 0.15) is 0 Å². The highest BCUT2D eigenvalue weighted by atomic mass is 14.4. The molecule has 2 atom stereocenters. The fourth-order valence-corrected chi connectivity index (χ4v) is 1.63. The van der Waals surface area contributed by atoms with Crippen LogP contribution in [0.15, 0.2) is 12.2 Å². The Morgan fingerprint density at radius 1 is 1.18 bits per heavy atom. The van der Waals surface area contributed by atoms with E-state index in [1.165, 1.54) is 19.3 Å². The fraction of sp³-hybridized carbons (Fsp3) is 0.818. The number of hydrogen-bond donors (Lipinski definition) is 0. The van der Waals surface area contributed by atoms with E-state index in [1.807, 2.05) is 0 Å². The molecule has 0 N–H and O–H groups in total. The standard InChI is InChI=1S/C11H20/c1-4-5-6-7-8-11-9(2)10(11)3/h7-11H,4-6H2,1-3H3. The van der Waals surface area contributed by atoms with Crippen LogP contribution in [0.25, 0.3) is 0 Å². The average Bonchev–Trinajstić information content (AvgIpc) is 2.55. The minimum atomic E-state index is 0.909. The zero-order valence-electron chi connectivity index (χ0n) is 8.01. The Labute approximate surface area is 70.7 Å². The molecule has 1 saturated carbocycles. The van der Waals surface area contributed by atoms with Crippen molar-refractivity contribution in [1.29, 1.82) is 0 Å². The van der Waals surface area contributed by atoms with Crippen molar-refractivity contribution >= 4 is 0 Å². The van der Waals surface area contributed by atoms with Crippen molar-refractivity contribution in [1.82, 2.24) is 0 Å². The molecule has 0 amide bonds. The van der Waals surface area contributed by atoms with Gasteiger partial charge in [-0.1, -0.05) is 45.8 Å². The minimum absolute atomic E-state index is 0.909. The van der Waals surface area contributed by atoms with Gasteiger partial charge in [-0.3, -0.25) is 0 Å². The van der Waals surface area contributed by atoms with Gasteiger partial charge in [0, 0.05) is 0 Å². The van der Waals surface area contributed by atoms with Crippen LogP contribution in [0.5, 0.6) is 0 Å². The zero-order chi connectivity index (χ0) is 8.27. The van der Waals surface area contributed by atoms with Crippen molar-refractivity contribution < 1.29 is 0 Å². The van der Waals surface area contributed by atoms with Crippen LogP contribution >= 0.6 is 0 Å². The van der Waals surface area contributed by atoms with Crippen LogP contribution in [0.3, 0.4) is 0 Å². The van der Waals surface area contributed by atoms with E-state index in [1.54, 1.807) is 0 Å². The van der Waals surface area contributed by atoms with E-state index in [0.29, 0.717) is 0 Å². The van der Waals surface area contributed by atoms with Crippen molar-refractivity contribution in [2.45, 2.75) is 40.0 Å². The largest absolute Gasteiger partial charge is 0.0882 e.